The lowest BCUT2D eigenvalue weighted by Gasteiger charge is -2.29. The first kappa shape index (κ1) is 98.9. The maximum Gasteiger partial charge on any atom is 0.490 e. The first-order chi connectivity index (χ1) is 50.8. The number of primary amides is 2. The molecule has 612 valence electrons. The molecule has 14 atom stereocenters. The van der Waals surface area contributed by atoms with E-state index in [4.69, 9.17) is 32.2 Å². The standard InChI is InChI=1S/C62H97N15O22S3.C2HF3O2/c1-7-30(5)49(76-54(90)36(15-19-44(65)79)69-57(93)40(24-48(85)86)73-55(91)38(22-29(3)4)71-51(87)33(63)26-100)60(96)66-25-45(80)67-34(16-20-46(81)82)52(88)72-39(23-32-12-10-9-11-13-32)56(92)68-35(14-18-43(64)78)53(89)74-42(28-102)59(95)77-50(31(6)8-2)61(97)75-41(27-101)58(94)70-37(62(98)99)17-21-47(83)84;3-2(4,5)1(6)7/h9-13,29-31,33-42,49-50,100-102H,7-8,14-28,63H2,1-6H3,(H2,64,78)(H2,65,79)(H,66,96)(H,67,80)(H,68,92)(H,69,93)(H,70,94)(H,71,87)(H,72,88)(H,73,91)(H,74,89)(H,75,97)(H,76,90)(H,77,95)(H,81,82)(H,83,84)(H,85,86)(H,98,99);(H,6,7)/t30-,31-,33-,34-,35-,36-,37-,38-,39-,40-,41-,42-,49-,50-;/m0./s1. The fraction of sp³-hybridized carbons (Fsp3) is 0.609. The van der Waals surface area contributed by atoms with E-state index < -0.39 is 279 Å². The highest BCUT2D eigenvalue weighted by Crippen LogP contribution is 2.16. The molecule has 1 aromatic carbocycles. The molecule has 0 spiro atoms. The summed E-state index contributed by atoms with van der Waals surface area (Å²) in [5, 5.41) is 73.5. The van der Waals surface area contributed by atoms with Crippen molar-refractivity contribution in [1.82, 2.24) is 63.8 Å². The molecule has 0 aliphatic carbocycles. The van der Waals surface area contributed by atoms with E-state index in [1.165, 1.54) is 6.92 Å². The summed E-state index contributed by atoms with van der Waals surface area (Å²) in [5.74, 6) is -25.9. The van der Waals surface area contributed by atoms with Crippen LogP contribution in [0.3, 0.4) is 0 Å². The molecular weight excluding hydrogens is 1520 g/mol. The molecule has 1 rings (SSSR count). The zero-order chi connectivity index (χ0) is 83.7. The second kappa shape index (κ2) is 50.6. The van der Waals surface area contributed by atoms with Crippen LogP contribution in [-0.4, -0.2) is 241 Å². The van der Waals surface area contributed by atoms with Gasteiger partial charge in [-0.3, -0.25) is 81.5 Å². The fourth-order valence-corrected chi connectivity index (χ4v) is 10.1. The number of halogens is 3. The highest BCUT2D eigenvalue weighted by molar-refractivity contribution is 7.80. The molecule has 23 N–H and O–H groups in total. The number of nitrogens with one attached hydrogen (secondary N) is 12. The summed E-state index contributed by atoms with van der Waals surface area (Å²) in [6.07, 6.45) is -10.7. The smallest absolute Gasteiger partial charge is 0.481 e. The maximum absolute atomic E-state index is 14.5. The molecular formula is C64H98F3N15O24S3. The van der Waals surface area contributed by atoms with Gasteiger partial charge in [-0.25, -0.2) is 9.59 Å². The van der Waals surface area contributed by atoms with Crippen LogP contribution in [0.4, 0.5) is 13.2 Å². The number of amides is 14. The fourth-order valence-electron chi connectivity index (χ4n) is 9.40. The van der Waals surface area contributed by atoms with Crippen LogP contribution in [0.2, 0.25) is 0 Å². The molecule has 109 heavy (non-hydrogen) atoms. The monoisotopic (exact) mass is 1610 g/mol. The van der Waals surface area contributed by atoms with Crippen LogP contribution in [0.15, 0.2) is 30.3 Å². The molecule has 1 aromatic rings. The van der Waals surface area contributed by atoms with E-state index in [0.717, 1.165) is 0 Å². The number of hydrogen-bond donors (Lipinski definition) is 23. The number of thiol groups is 3. The van der Waals surface area contributed by atoms with Gasteiger partial charge in [0.15, 0.2) is 0 Å². The van der Waals surface area contributed by atoms with Gasteiger partial charge in [0.1, 0.15) is 66.5 Å². The van der Waals surface area contributed by atoms with Crippen LogP contribution in [0.1, 0.15) is 124 Å². The van der Waals surface area contributed by atoms with Gasteiger partial charge < -0.3 is 107 Å². The second-order valence-corrected chi connectivity index (χ2v) is 26.3. The highest BCUT2D eigenvalue weighted by Gasteiger charge is 2.40. The van der Waals surface area contributed by atoms with E-state index >= 15 is 0 Å². The third-order valence-corrected chi connectivity index (χ3v) is 17.0. The lowest BCUT2D eigenvalue weighted by atomic mass is 9.97. The van der Waals surface area contributed by atoms with Crippen molar-refractivity contribution in [3.63, 3.8) is 0 Å². The summed E-state index contributed by atoms with van der Waals surface area (Å²) >= 11 is 12.3. The third kappa shape index (κ3) is 39.6. The van der Waals surface area contributed by atoms with Crippen LogP contribution in [0.5, 0.6) is 0 Å². The van der Waals surface area contributed by atoms with Crippen LogP contribution in [0, 0.1) is 17.8 Å². The average molecular weight is 1610 g/mol. The minimum atomic E-state index is -5.08. The summed E-state index contributed by atoms with van der Waals surface area (Å²) in [7, 11) is 0. The lowest BCUT2D eigenvalue weighted by Crippen LogP contribution is -2.61. The number of carboxylic acid groups (broad SMARTS) is 5. The van der Waals surface area contributed by atoms with Crippen molar-refractivity contribution in [2.75, 3.05) is 23.8 Å². The van der Waals surface area contributed by atoms with Crippen molar-refractivity contribution in [3.8, 4) is 0 Å². The minimum absolute atomic E-state index is 0.00770. The van der Waals surface area contributed by atoms with Gasteiger partial charge in [-0.2, -0.15) is 51.1 Å². The van der Waals surface area contributed by atoms with Crippen LogP contribution in [-0.2, 0) is 97.5 Å². The van der Waals surface area contributed by atoms with E-state index in [1.807, 2.05) is 0 Å². The molecule has 14 amide bonds. The summed E-state index contributed by atoms with van der Waals surface area (Å²) in [6, 6.07) is -11.1. The van der Waals surface area contributed by atoms with Gasteiger partial charge in [0.2, 0.25) is 82.7 Å². The first-order valence-corrected chi connectivity index (χ1v) is 35.6. The van der Waals surface area contributed by atoms with Crippen molar-refractivity contribution in [1.29, 1.82) is 0 Å². The van der Waals surface area contributed by atoms with Crippen LogP contribution < -0.4 is 81.0 Å². The number of carboxylic acids is 5. The Balaban J connectivity index is 0.0000158. The molecule has 0 bridgehead atoms. The molecule has 45 heteroatoms. The maximum atomic E-state index is 14.5. The van der Waals surface area contributed by atoms with Gasteiger partial charge >= 0.3 is 36.0 Å². The summed E-state index contributed by atoms with van der Waals surface area (Å²) in [4.78, 5) is 245. The normalized spacial score (nSPS) is 14.9. The van der Waals surface area contributed by atoms with E-state index in [-0.39, 0.29) is 37.4 Å². The van der Waals surface area contributed by atoms with E-state index in [9.17, 15) is 115 Å². The Hall–Kier alpha value is -10.1. The first-order valence-electron chi connectivity index (χ1n) is 33.7. The number of aliphatic carboxylic acids is 5. The number of carbonyl (C=O) groups is 19. The third-order valence-electron chi connectivity index (χ3n) is 15.9. The molecule has 0 aliphatic rings. The molecule has 0 fully saturated rings. The predicted molar refractivity (Wildman–Crippen MR) is 386 cm³/mol. The molecule has 39 nitrogen and oxygen atoms in total. The summed E-state index contributed by atoms with van der Waals surface area (Å²) in [5.41, 5.74) is 17.0. The van der Waals surface area contributed by atoms with Gasteiger partial charge in [-0.15, -0.1) is 0 Å². The quantitative estimate of drug-likeness (QED) is 0.0273. The zero-order valence-electron chi connectivity index (χ0n) is 60.3. The lowest BCUT2D eigenvalue weighted by molar-refractivity contribution is -0.192. The van der Waals surface area contributed by atoms with Crippen molar-refractivity contribution >= 4 is 150 Å². The van der Waals surface area contributed by atoms with Gasteiger partial charge in [-0.05, 0) is 55.4 Å². The Kier molecular flexibility index (Phi) is 45.9. The Morgan fingerprint density at radius 3 is 1.18 bits per heavy atom. The molecule has 0 radical (unpaired) electrons. The van der Waals surface area contributed by atoms with E-state index in [1.54, 1.807) is 65.0 Å². The average Bonchev–Trinajstić information content (AvgIpc) is 0.875. The van der Waals surface area contributed by atoms with E-state index in [2.05, 4.69) is 102 Å². The molecule has 0 saturated heterocycles. The molecule has 0 saturated carbocycles. The van der Waals surface area contributed by atoms with Crippen molar-refractivity contribution < 1.29 is 130 Å². The largest absolute Gasteiger partial charge is 0.490 e. The molecule has 0 aliphatic heterocycles. The van der Waals surface area contributed by atoms with Crippen molar-refractivity contribution in [3.05, 3.63) is 35.9 Å². The Labute approximate surface area is 639 Å². The predicted octanol–water partition coefficient (Wildman–Crippen LogP) is -4.61. The Morgan fingerprint density at radius 1 is 0.422 bits per heavy atom. The number of alkyl halides is 3. The molecule has 0 heterocycles. The number of benzene rings is 1. The zero-order valence-corrected chi connectivity index (χ0v) is 63.0. The Bertz CT molecular complexity index is 3350. The SMILES string of the molecule is CC[C@H](C)[C@H](NC(=O)[C@H](CCC(N)=O)NC(=O)[C@H](CC(=O)O)NC(=O)[C@H](CC(C)C)NC(=O)[C@@H](N)CS)C(=O)NCC(=O)N[C@@H](CCC(=O)O)C(=O)N[C@@H](Cc1ccccc1)C(=O)N[C@@H](CCC(N)=O)C(=O)N[C@@H](CS)C(=O)N[C@H](C(=O)N[C@@H](CS)C(=O)N[C@@H](CCC(=O)O)C(=O)O)[C@@H](C)CC.O=C(O)C(F)(F)F. The molecule has 0 unspecified atom stereocenters. The minimum Gasteiger partial charge on any atom is -0.481 e. The van der Waals surface area contributed by atoms with Crippen LogP contribution >= 0.6 is 37.9 Å². The number of hydrogen-bond acceptors (Lipinski definition) is 23. The number of rotatable bonds is 50. The topological polar surface area (TPSA) is 648 Å². The number of carbonyl (C=O) groups excluding carboxylic acids is 14. The number of nitrogens with two attached hydrogens (primary N) is 3. The van der Waals surface area contributed by atoms with Gasteiger partial charge in [-0.1, -0.05) is 84.7 Å². The van der Waals surface area contributed by atoms with Crippen molar-refractivity contribution in [2.45, 2.75) is 204 Å². The summed E-state index contributed by atoms with van der Waals surface area (Å²) in [6.45, 7) is 8.81. The summed E-state index contributed by atoms with van der Waals surface area (Å²) < 4.78 is 31.7. The molecule has 0 aromatic heterocycles. The van der Waals surface area contributed by atoms with Gasteiger partial charge in [0, 0.05) is 49.4 Å². The highest BCUT2D eigenvalue weighted by atomic mass is 32.1. The Morgan fingerprint density at radius 2 is 0.771 bits per heavy atom. The van der Waals surface area contributed by atoms with Crippen molar-refractivity contribution in [2.24, 2.45) is 35.0 Å². The van der Waals surface area contributed by atoms with Crippen LogP contribution in [0.25, 0.3) is 0 Å². The van der Waals surface area contributed by atoms with E-state index in [0.29, 0.717) is 5.56 Å². The van der Waals surface area contributed by atoms with Gasteiger partial charge in [0.05, 0.1) is 19.0 Å². The van der Waals surface area contributed by atoms with Gasteiger partial charge in [0.25, 0.3) is 0 Å². The second-order valence-electron chi connectivity index (χ2n) is 25.2.